The van der Waals surface area contributed by atoms with Gasteiger partial charge >= 0.3 is 25.5 Å². The molecule has 32 heavy (non-hydrogen) atoms. The Hall–Kier alpha value is -3.13. The second-order valence-corrected chi connectivity index (χ2v) is 8.85. The number of carbonyl (C=O) groups is 4. The summed E-state index contributed by atoms with van der Waals surface area (Å²) in [4.78, 5) is 66.1. The lowest BCUT2D eigenvalue weighted by molar-refractivity contribution is -0.140. The van der Waals surface area contributed by atoms with E-state index in [0.717, 1.165) is 5.56 Å². The van der Waals surface area contributed by atoms with E-state index in [0.29, 0.717) is 0 Å². The van der Waals surface area contributed by atoms with Gasteiger partial charge in [0.25, 0.3) is 0 Å². The molecular weight excluding hydrogens is 439 g/mol. The van der Waals surface area contributed by atoms with Crippen LogP contribution in [0.3, 0.4) is 0 Å². The first-order chi connectivity index (χ1) is 15.0. The average Bonchev–Trinajstić information content (AvgIpc) is 2.72. The maximum atomic E-state index is 12.5. The van der Waals surface area contributed by atoms with Crippen molar-refractivity contribution in [2.45, 2.75) is 26.2 Å². The summed E-state index contributed by atoms with van der Waals surface area (Å²) in [6, 6.07) is 13.9. The molecule has 170 valence electrons. The molecule has 0 spiro atoms. The highest BCUT2D eigenvalue weighted by Crippen LogP contribution is 2.38. The van der Waals surface area contributed by atoms with Crippen LogP contribution in [0.2, 0.25) is 0 Å². The van der Waals surface area contributed by atoms with Crippen molar-refractivity contribution in [2.75, 3.05) is 6.16 Å². The van der Waals surface area contributed by atoms with Gasteiger partial charge in [0.05, 0.1) is 17.6 Å². The van der Waals surface area contributed by atoms with E-state index < -0.39 is 44.0 Å². The number of ketones is 1. The van der Waals surface area contributed by atoms with Crippen LogP contribution in [0, 0.1) is 5.92 Å². The predicted molar refractivity (Wildman–Crippen MR) is 113 cm³/mol. The first kappa shape index (κ1) is 25.1. The fourth-order valence-electron chi connectivity index (χ4n) is 2.81. The SMILES string of the molecule is CC(=O)Cc1ccc(OC(=O)C(CCC(=O)OC(=O)c2ccccc2)CP(=O)(O)O)cc1. The van der Waals surface area contributed by atoms with Crippen LogP contribution in [0.5, 0.6) is 5.75 Å². The fraction of sp³-hybridized carbons (Fsp3) is 0.273. The summed E-state index contributed by atoms with van der Waals surface area (Å²) in [6.07, 6.45) is -1.31. The minimum atomic E-state index is -4.60. The molecule has 1 atom stereocenters. The minimum Gasteiger partial charge on any atom is -0.426 e. The molecule has 0 fully saturated rings. The third-order valence-electron chi connectivity index (χ3n) is 4.30. The number of Topliss-reactive ketones (excluding diaryl/α,β-unsaturated/α-hetero) is 1. The summed E-state index contributed by atoms with van der Waals surface area (Å²) >= 11 is 0. The van der Waals surface area contributed by atoms with E-state index in [1.54, 1.807) is 30.3 Å². The third kappa shape index (κ3) is 8.93. The van der Waals surface area contributed by atoms with E-state index in [-0.39, 0.29) is 29.9 Å². The molecule has 0 aliphatic rings. The second kappa shape index (κ2) is 11.5. The summed E-state index contributed by atoms with van der Waals surface area (Å²) < 4.78 is 21.3. The van der Waals surface area contributed by atoms with Crippen LogP contribution in [0.1, 0.15) is 35.7 Å². The van der Waals surface area contributed by atoms with Gasteiger partial charge in [-0.15, -0.1) is 0 Å². The molecule has 0 aromatic heterocycles. The molecule has 0 saturated carbocycles. The van der Waals surface area contributed by atoms with Crippen molar-refractivity contribution < 1.29 is 43.0 Å². The van der Waals surface area contributed by atoms with E-state index in [9.17, 15) is 33.5 Å². The van der Waals surface area contributed by atoms with Gasteiger partial charge in [-0.05, 0) is 43.2 Å². The summed E-state index contributed by atoms with van der Waals surface area (Å²) in [7, 11) is -4.60. The van der Waals surface area contributed by atoms with E-state index in [1.165, 1.54) is 31.2 Å². The maximum Gasteiger partial charge on any atom is 0.345 e. The van der Waals surface area contributed by atoms with Crippen LogP contribution in [-0.4, -0.2) is 39.6 Å². The van der Waals surface area contributed by atoms with Crippen molar-refractivity contribution in [3.05, 3.63) is 65.7 Å². The molecule has 0 amide bonds. The molecule has 2 N–H and O–H groups in total. The quantitative estimate of drug-likeness (QED) is 0.236. The maximum absolute atomic E-state index is 12.5. The normalized spacial score (nSPS) is 12.0. The Balaban J connectivity index is 1.98. The zero-order valence-corrected chi connectivity index (χ0v) is 18.2. The molecule has 2 aromatic carbocycles. The number of hydrogen-bond donors (Lipinski definition) is 2. The Bertz CT molecular complexity index is 1010. The van der Waals surface area contributed by atoms with Gasteiger partial charge in [-0.1, -0.05) is 30.3 Å². The van der Waals surface area contributed by atoms with Crippen LogP contribution in [0.25, 0.3) is 0 Å². The Kier molecular flexibility index (Phi) is 9.02. The van der Waals surface area contributed by atoms with Crippen molar-refractivity contribution >= 4 is 31.3 Å². The average molecular weight is 462 g/mol. The lowest BCUT2D eigenvalue weighted by Crippen LogP contribution is -2.25. The molecule has 10 heteroatoms. The van der Waals surface area contributed by atoms with Gasteiger partial charge in [-0.2, -0.15) is 0 Å². The van der Waals surface area contributed by atoms with Gasteiger partial charge in [-0.25, -0.2) is 4.79 Å². The largest absolute Gasteiger partial charge is 0.426 e. The standard InChI is InChI=1S/C22H23O9P/c1-15(23)13-16-7-10-19(11-8-16)30-22(26)18(14-32(27,28)29)9-12-20(24)31-21(25)17-5-3-2-4-6-17/h2-8,10-11,18H,9,12-14H2,1H3,(H2,27,28,29). The summed E-state index contributed by atoms with van der Waals surface area (Å²) in [6.45, 7) is 1.44. The number of hydrogen-bond acceptors (Lipinski definition) is 7. The van der Waals surface area contributed by atoms with E-state index in [4.69, 9.17) is 9.47 Å². The predicted octanol–water partition coefficient (Wildman–Crippen LogP) is 2.68. The van der Waals surface area contributed by atoms with E-state index in [2.05, 4.69) is 0 Å². The highest BCUT2D eigenvalue weighted by molar-refractivity contribution is 7.51. The third-order valence-corrected chi connectivity index (χ3v) is 5.22. The highest BCUT2D eigenvalue weighted by Gasteiger charge is 2.30. The number of benzene rings is 2. The van der Waals surface area contributed by atoms with Crippen LogP contribution in [-0.2, 0) is 30.1 Å². The monoisotopic (exact) mass is 462 g/mol. The first-order valence-electron chi connectivity index (χ1n) is 9.68. The minimum absolute atomic E-state index is 0.0333. The summed E-state index contributed by atoms with van der Waals surface area (Å²) in [5, 5.41) is 0. The molecule has 0 bridgehead atoms. The van der Waals surface area contributed by atoms with Crippen molar-refractivity contribution in [3.63, 3.8) is 0 Å². The summed E-state index contributed by atoms with van der Waals surface area (Å²) in [5.74, 6) is -3.94. The second-order valence-electron chi connectivity index (χ2n) is 7.15. The lowest BCUT2D eigenvalue weighted by atomic mass is 10.1. The molecule has 9 nitrogen and oxygen atoms in total. The van der Waals surface area contributed by atoms with Crippen molar-refractivity contribution in [2.24, 2.45) is 5.92 Å². The molecule has 2 aromatic rings. The Morgan fingerprint density at radius 3 is 2.16 bits per heavy atom. The smallest absolute Gasteiger partial charge is 0.345 e. The summed E-state index contributed by atoms with van der Waals surface area (Å²) in [5.41, 5.74) is 0.884. The molecule has 0 aliphatic heterocycles. The molecular formula is C22H23O9P. The molecule has 2 rings (SSSR count). The van der Waals surface area contributed by atoms with Gasteiger partial charge in [0.2, 0.25) is 0 Å². The van der Waals surface area contributed by atoms with Crippen molar-refractivity contribution in [1.82, 2.24) is 0 Å². The van der Waals surface area contributed by atoms with Crippen LogP contribution >= 0.6 is 7.60 Å². The topological polar surface area (TPSA) is 144 Å². The molecule has 1 unspecified atom stereocenters. The Morgan fingerprint density at radius 1 is 0.969 bits per heavy atom. The first-order valence-corrected chi connectivity index (χ1v) is 11.5. The number of ether oxygens (including phenoxy) is 2. The van der Waals surface area contributed by atoms with Gasteiger partial charge in [-0.3, -0.25) is 18.9 Å². The van der Waals surface area contributed by atoms with Gasteiger partial charge in [0.15, 0.2) is 0 Å². The number of carbonyl (C=O) groups excluding carboxylic acids is 4. The highest BCUT2D eigenvalue weighted by atomic mass is 31.2. The zero-order chi connectivity index (χ0) is 23.7. The fourth-order valence-corrected chi connectivity index (χ4v) is 3.72. The zero-order valence-electron chi connectivity index (χ0n) is 17.3. The van der Waals surface area contributed by atoms with Gasteiger partial charge in [0.1, 0.15) is 11.5 Å². The van der Waals surface area contributed by atoms with Crippen LogP contribution in [0.4, 0.5) is 0 Å². The Morgan fingerprint density at radius 2 is 1.59 bits per heavy atom. The van der Waals surface area contributed by atoms with E-state index >= 15 is 0 Å². The molecule has 0 aliphatic carbocycles. The lowest BCUT2D eigenvalue weighted by Gasteiger charge is -2.16. The van der Waals surface area contributed by atoms with Crippen LogP contribution in [0.15, 0.2) is 54.6 Å². The van der Waals surface area contributed by atoms with Gasteiger partial charge < -0.3 is 19.3 Å². The molecule has 0 saturated heterocycles. The molecule has 0 radical (unpaired) electrons. The number of rotatable bonds is 10. The Labute approximate surface area is 184 Å². The molecule has 0 heterocycles. The van der Waals surface area contributed by atoms with Gasteiger partial charge in [0, 0.05) is 12.8 Å². The number of esters is 3. The van der Waals surface area contributed by atoms with Crippen LogP contribution < -0.4 is 4.74 Å². The van der Waals surface area contributed by atoms with E-state index in [1.807, 2.05) is 0 Å². The van der Waals surface area contributed by atoms with Crippen molar-refractivity contribution in [1.29, 1.82) is 0 Å². The van der Waals surface area contributed by atoms with Crippen molar-refractivity contribution in [3.8, 4) is 5.75 Å².